The Morgan fingerprint density at radius 2 is 2.26 bits per heavy atom. The fourth-order valence-electron chi connectivity index (χ4n) is 1.85. The van der Waals surface area contributed by atoms with Gasteiger partial charge in [-0.05, 0) is 26.0 Å². The van der Waals surface area contributed by atoms with E-state index >= 15 is 0 Å². The number of carboxylic acids is 1. The monoisotopic (exact) mass is 281 g/mol. The largest absolute Gasteiger partial charge is 0.478 e. The number of carboxylic acid groups (broad SMARTS) is 1. The van der Waals surface area contributed by atoms with Crippen molar-refractivity contribution in [3.05, 3.63) is 22.7 Å². The fourth-order valence-corrected chi connectivity index (χ4v) is 2.20. The Bertz CT molecular complexity index is 525. The van der Waals surface area contributed by atoms with Gasteiger partial charge < -0.3 is 15.7 Å². The van der Waals surface area contributed by atoms with Crippen molar-refractivity contribution in [1.29, 1.82) is 5.26 Å². The normalized spacial score (nSPS) is 11.7. The zero-order valence-corrected chi connectivity index (χ0v) is 11.6. The smallest absolute Gasteiger partial charge is 0.337 e. The molecule has 0 fully saturated rings. The number of rotatable bonds is 5. The van der Waals surface area contributed by atoms with Crippen LogP contribution in [0.4, 0.5) is 11.4 Å². The van der Waals surface area contributed by atoms with Crippen molar-refractivity contribution >= 4 is 28.9 Å². The van der Waals surface area contributed by atoms with Crippen LogP contribution in [0.3, 0.4) is 0 Å². The molecular weight excluding hydrogens is 266 g/mol. The van der Waals surface area contributed by atoms with Crippen LogP contribution in [0.2, 0.25) is 5.02 Å². The summed E-state index contributed by atoms with van der Waals surface area (Å²) < 4.78 is 0. The van der Waals surface area contributed by atoms with Crippen LogP contribution in [0.1, 0.15) is 24.2 Å². The lowest BCUT2D eigenvalue weighted by atomic mass is 10.1. The Kier molecular flexibility index (Phi) is 5.02. The minimum absolute atomic E-state index is 0.0528. The van der Waals surface area contributed by atoms with Gasteiger partial charge in [0.05, 0.1) is 28.3 Å². The second-order valence-corrected chi connectivity index (χ2v) is 4.68. The molecule has 1 aromatic carbocycles. The number of aromatic carboxylic acids is 1. The van der Waals surface area contributed by atoms with Crippen LogP contribution in [0.25, 0.3) is 0 Å². The summed E-state index contributed by atoms with van der Waals surface area (Å²) in [7, 11) is 0. The first-order valence-electron chi connectivity index (χ1n) is 5.87. The first kappa shape index (κ1) is 15.1. The van der Waals surface area contributed by atoms with Crippen LogP contribution >= 0.6 is 11.6 Å². The van der Waals surface area contributed by atoms with Gasteiger partial charge in [-0.3, -0.25) is 0 Å². The predicted octanol–water partition coefficient (Wildman–Crippen LogP) is 2.61. The summed E-state index contributed by atoms with van der Waals surface area (Å²) in [5.41, 5.74) is 6.38. The Morgan fingerprint density at radius 3 is 2.74 bits per heavy atom. The number of hydrogen-bond acceptors (Lipinski definition) is 4. The summed E-state index contributed by atoms with van der Waals surface area (Å²) in [6.07, 6.45) is 0. The summed E-state index contributed by atoms with van der Waals surface area (Å²) >= 11 is 6.11. The molecule has 0 amide bonds. The second kappa shape index (κ2) is 6.30. The van der Waals surface area contributed by atoms with Crippen molar-refractivity contribution < 1.29 is 9.90 Å². The maximum Gasteiger partial charge on any atom is 0.337 e. The predicted molar refractivity (Wildman–Crippen MR) is 75.5 cm³/mol. The average molecular weight is 282 g/mol. The van der Waals surface area contributed by atoms with Crippen LogP contribution in [0, 0.1) is 17.2 Å². The van der Waals surface area contributed by atoms with E-state index in [1.807, 2.05) is 6.92 Å². The van der Waals surface area contributed by atoms with Gasteiger partial charge in [0, 0.05) is 18.8 Å². The Balaban J connectivity index is 3.30. The second-order valence-electron chi connectivity index (χ2n) is 4.27. The molecule has 0 aliphatic rings. The van der Waals surface area contributed by atoms with Gasteiger partial charge in [-0.15, -0.1) is 0 Å². The SMILES string of the molecule is CCN(CC(C)C#N)c1c(Cl)cc(N)cc1C(=O)O. The molecule has 0 aliphatic heterocycles. The van der Waals surface area contributed by atoms with Crippen molar-refractivity contribution in [1.82, 2.24) is 0 Å². The Labute approximate surface area is 117 Å². The van der Waals surface area contributed by atoms with Gasteiger partial charge in [0.15, 0.2) is 0 Å². The van der Waals surface area contributed by atoms with Crippen molar-refractivity contribution in [3.8, 4) is 6.07 Å². The highest BCUT2D eigenvalue weighted by Crippen LogP contribution is 2.33. The first-order valence-corrected chi connectivity index (χ1v) is 6.25. The summed E-state index contributed by atoms with van der Waals surface area (Å²) in [5, 5.41) is 18.4. The average Bonchev–Trinajstić information content (AvgIpc) is 2.35. The number of carbonyl (C=O) groups is 1. The van der Waals surface area contributed by atoms with E-state index < -0.39 is 5.97 Å². The molecule has 3 N–H and O–H groups in total. The zero-order chi connectivity index (χ0) is 14.6. The van der Waals surface area contributed by atoms with Gasteiger partial charge in [-0.1, -0.05) is 11.6 Å². The molecule has 0 aromatic heterocycles. The molecule has 0 saturated heterocycles. The van der Waals surface area contributed by atoms with E-state index in [2.05, 4.69) is 6.07 Å². The summed E-state index contributed by atoms with van der Waals surface area (Å²) in [4.78, 5) is 13.1. The van der Waals surface area contributed by atoms with Crippen LogP contribution in [0.15, 0.2) is 12.1 Å². The minimum Gasteiger partial charge on any atom is -0.478 e. The Hall–Kier alpha value is -1.93. The van der Waals surface area contributed by atoms with E-state index in [1.54, 1.807) is 11.8 Å². The van der Waals surface area contributed by atoms with Gasteiger partial charge in [-0.25, -0.2) is 4.79 Å². The van der Waals surface area contributed by atoms with Crippen LogP contribution in [-0.2, 0) is 0 Å². The number of nitrogen functional groups attached to an aromatic ring is 1. The summed E-state index contributed by atoms with van der Waals surface area (Å²) in [5.74, 6) is -1.32. The number of nitrogens with zero attached hydrogens (tertiary/aromatic N) is 2. The van der Waals surface area contributed by atoms with Crippen molar-refractivity contribution in [2.24, 2.45) is 5.92 Å². The molecule has 0 saturated carbocycles. The molecule has 0 heterocycles. The van der Waals surface area contributed by atoms with Gasteiger partial charge in [0.25, 0.3) is 0 Å². The van der Waals surface area contributed by atoms with Gasteiger partial charge in [0.1, 0.15) is 0 Å². The third-order valence-corrected chi connectivity index (χ3v) is 3.02. The standard InChI is InChI=1S/C13H16ClN3O2/c1-3-17(7-8(2)6-15)12-10(13(18)19)4-9(16)5-11(12)14/h4-5,8H,3,7,16H2,1-2H3,(H,18,19). The Morgan fingerprint density at radius 1 is 1.63 bits per heavy atom. The zero-order valence-electron chi connectivity index (χ0n) is 10.9. The van der Waals surface area contributed by atoms with Crippen LogP contribution < -0.4 is 10.6 Å². The molecule has 0 bridgehead atoms. The highest BCUT2D eigenvalue weighted by molar-refractivity contribution is 6.34. The number of halogens is 1. The molecule has 1 atom stereocenters. The first-order chi connectivity index (χ1) is 8.90. The third-order valence-electron chi connectivity index (χ3n) is 2.73. The van der Waals surface area contributed by atoms with Crippen LogP contribution in [-0.4, -0.2) is 24.2 Å². The van der Waals surface area contributed by atoms with E-state index in [9.17, 15) is 9.90 Å². The number of nitrogens with two attached hydrogens (primary N) is 1. The highest BCUT2D eigenvalue weighted by Gasteiger charge is 2.20. The molecular formula is C13H16ClN3O2. The quantitative estimate of drug-likeness (QED) is 0.810. The van der Waals surface area contributed by atoms with Crippen LogP contribution in [0.5, 0.6) is 0 Å². The van der Waals surface area contributed by atoms with E-state index in [1.165, 1.54) is 12.1 Å². The molecule has 0 aliphatic carbocycles. The van der Waals surface area contributed by atoms with Gasteiger partial charge in [0.2, 0.25) is 0 Å². The third kappa shape index (κ3) is 3.52. The van der Waals surface area contributed by atoms with E-state index in [-0.39, 0.29) is 16.5 Å². The molecule has 102 valence electrons. The number of nitriles is 1. The molecule has 1 aromatic rings. The maximum atomic E-state index is 11.3. The van der Waals surface area contributed by atoms with Gasteiger partial charge in [-0.2, -0.15) is 5.26 Å². The highest BCUT2D eigenvalue weighted by atomic mass is 35.5. The van der Waals surface area contributed by atoms with Crippen molar-refractivity contribution in [2.75, 3.05) is 23.7 Å². The number of benzene rings is 1. The molecule has 5 nitrogen and oxygen atoms in total. The minimum atomic E-state index is -1.09. The molecule has 19 heavy (non-hydrogen) atoms. The molecule has 1 rings (SSSR count). The molecule has 0 radical (unpaired) electrons. The fraction of sp³-hybridized carbons (Fsp3) is 0.385. The lowest BCUT2D eigenvalue weighted by molar-refractivity contribution is 0.0697. The number of anilines is 2. The topological polar surface area (TPSA) is 90.4 Å². The lowest BCUT2D eigenvalue weighted by Crippen LogP contribution is -2.29. The van der Waals surface area contributed by atoms with E-state index in [4.69, 9.17) is 22.6 Å². The molecule has 0 spiro atoms. The number of hydrogen-bond donors (Lipinski definition) is 2. The molecule has 1 unspecified atom stereocenters. The van der Waals surface area contributed by atoms with Crippen molar-refractivity contribution in [2.45, 2.75) is 13.8 Å². The molecule has 6 heteroatoms. The maximum absolute atomic E-state index is 11.3. The van der Waals surface area contributed by atoms with E-state index in [0.717, 1.165) is 0 Å². The van der Waals surface area contributed by atoms with Crippen molar-refractivity contribution in [3.63, 3.8) is 0 Å². The van der Waals surface area contributed by atoms with Gasteiger partial charge >= 0.3 is 5.97 Å². The summed E-state index contributed by atoms with van der Waals surface area (Å²) in [6, 6.07) is 5.02. The summed E-state index contributed by atoms with van der Waals surface area (Å²) in [6.45, 7) is 4.61. The van der Waals surface area contributed by atoms with E-state index in [0.29, 0.717) is 24.5 Å². The lowest BCUT2D eigenvalue weighted by Gasteiger charge is -2.27.